The van der Waals surface area contributed by atoms with Gasteiger partial charge in [-0.25, -0.2) is 14.4 Å². The first-order chi connectivity index (χ1) is 13.8. The number of hydrogen-bond donors (Lipinski definition) is 1. The number of allylic oxidation sites excluding steroid dienone is 1. The average Bonchev–Trinajstić information content (AvgIpc) is 3.22. The number of alkyl halides is 3. The fourth-order valence-electron chi connectivity index (χ4n) is 3.56. The highest BCUT2D eigenvalue weighted by Gasteiger charge is 2.41. The minimum absolute atomic E-state index is 0.0135. The molecule has 2 aliphatic heterocycles. The predicted molar refractivity (Wildman–Crippen MR) is 104 cm³/mol. The van der Waals surface area contributed by atoms with E-state index in [1.807, 2.05) is 12.3 Å². The lowest BCUT2D eigenvalue weighted by molar-refractivity contribution is -0.0977. The molecule has 0 radical (unpaired) electrons. The molecule has 2 aliphatic rings. The molecule has 152 valence electrons. The number of halogens is 4. The van der Waals surface area contributed by atoms with Gasteiger partial charge in [0.25, 0.3) is 0 Å². The van der Waals surface area contributed by atoms with Crippen molar-refractivity contribution in [3.05, 3.63) is 75.3 Å². The van der Waals surface area contributed by atoms with Gasteiger partial charge in [-0.05, 0) is 31.1 Å². The summed E-state index contributed by atoms with van der Waals surface area (Å²) in [6.07, 6.45) is -2.52. The molecule has 1 aromatic heterocycles. The molecular weight excluding hydrogens is 404 g/mol. The fraction of sp³-hybridized carbons (Fsp3) is 0.300. The predicted octanol–water partition coefficient (Wildman–Crippen LogP) is 4.28. The molecular formula is C20H18F4N4S. The average molecular weight is 422 g/mol. The SMILES string of the molecule is CC(Cc1ccccc1F)N1CC2=C(C(F)(F)F)NCC=C2N=C1c1cscn1. The van der Waals surface area contributed by atoms with Gasteiger partial charge in [-0.3, -0.25) is 0 Å². The summed E-state index contributed by atoms with van der Waals surface area (Å²) in [7, 11) is 0. The summed E-state index contributed by atoms with van der Waals surface area (Å²) in [5.74, 6) is 0.173. The minimum Gasteiger partial charge on any atom is -0.377 e. The number of hydrogen-bond acceptors (Lipinski definition) is 5. The summed E-state index contributed by atoms with van der Waals surface area (Å²) in [6.45, 7) is 1.93. The number of fused-ring (bicyclic) bond motifs is 1. The highest BCUT2D eigenvalue weighted by molar-refractivity contribution is 7.07. The maximum absolute atomic E-state index is 14.1. The Morgan fingerprint density at radius 2 is 2.07 bits per heavy atom. The van der Waals surface area contributed by atoms with E-state index < -0.39 is 11.9 Å². The second kappa shape index (κ2) is 7.62. The van der Waals surface area contributed by atoms with Crippen LogP contribution in [-0.2, 0) is 6.42 Å². The molecule has 0 fully saturated rings. The van der Waals surface area contributed by atoms with Gasteiger partial charge >= 0.3 is 6.18 Å². The Hall–Kier alpha value is -2.68. The lowest BCUT2D eigenvalue weighted by atomic mass is 9.99. The number of nitrogens with one attached hydrogen (secondary N) is 1. The Bertz CT molecular complexity index is 992. The van der Waals surface area contributed by atoms with Crippen LogP contribution >= 0.6 is 11.3 Å². The van der Waals surface area contributed by atoms with Crippen LogP contribution in [0.3, 0.4) is 0 Å². The van der Waals surface area contributed by atoms with Gasteiger partial charge in [0.15, 0.2) is 5.84 Å². The maximum Gasteiger partial charge on any atom is 0.431 e. The summed E-state index contributed by atoms with van der Waals surface area (Å²) < 4.78 is 54.7. The van der Waals surface area contributed by atoms with Crippen LogP contribution in [-0.4, -0.2) is 41.0 Å². The second-order valence-electron chi connectivity index (χ2n) is 6.90. The van der Waals surface area contributed by atoms with Crippen LogP contribution in [0, 0.1) is 5.82 Å². The third-order valence-corrected chi connectivity index (χ3v) is 5.55. The number of amidine groups is 1. The van der Waals surface area contributed by atoms with E-state index in [4.69, 9.17) is 0 Å². The van der Waals surface area contributed by atoms with Gasteiger partial charge in [0.1, 0.15) is 17.2 Å². The molecule has 4 rings (SSSR count). The Morgan fingerprint density at radius 3 is 2.76 bits per heavy atom. The lowest BCUT2D eigenvalue weighted by Crippen LogP contribution is -2.46. The maximum atomic E-state index is 14.1. The van der Waals surface area contributed by atoms with Crippen molar-refractivity contribution in [1.29, 1.82) is 0 Å². The van der Waals surface area contributed by atoms with E-state index >= 15 is 0 Å². The topological polar surface area (TPSA) is 40.5 Å². The van der Waals surface area contributed by atoms with Crippen molar-refractivity contribution >= 4 is 17.2 Å². The van der Waals surface area contributed by atoms with E-state index in [0.29, 0.717) is 29.2 Å². The normalized spacial score (nSPS) is 18.0. The third kappa shape index (κ3) is 3.91. The van der Waals surface area contributed by atoms with Crippen LogP contribution < -0.4 is 5.32 Å². The van der Waals surface area contributed by atoms with Crippen molar-refractivity contribution in [3.8, 4) is 0 Å². The number of rotatable bonds is 4. The van der Waals surface area contributed by atoms with Crippen molar-refractivity contribution in [1.82, 2.24) is 15.2 Å². The smallest absolute Gasteiger partial charge is 0.377 e. The molecule has 0 spiro atoms. The lowest BCUT2D eigenvalue weighted by Gasteiger charge is -2.38. The largest absolute Gasteiger partial charge is 0.431 e. The summed E-state index contributed by atoms with van der Waals surface area (Å²) in [5, 5.41) is 4.24. The molecule has 2 aromatic rings. The van der Waals surface area contributed by atoms with Crippen LogP contribution in [0.1, 0.15) is 18.2 Å². The van der Waals surface area contributed by atoms with E-state index in [1.54, 1.807) is 34.7 Å². The van der Waals surface area contributed by atoms with Crippen molar-refractivity contribution < 1.29 is 17.6 Å². The van der Waals surface area contributed by atoms with Crippen LogP contribution in [0.5, 0.6) is 0 Å². The van der Waals surface area contributed by atoms with Crippen LogP contribution in [0.4, 0.5) is 17.6 Å². The molecule has 0 saturated carbocycles. The number of aromatic nitrogens is 1. The van der Waals surface area contributed by atoms with Gasteiger partial charge in [0.05, 0.1) is 11.2 Å². The molecule has 1 aromatic carbocycles. The van der Waals surface area contributed by atoms with Crippen molar-refractivity contribution in [2.24, 2.45) is 4.99 Å². The van der Waals surface area contributed by atoms with E-state index in [-0.39, 0.29) is 30.5 Å². The zero-order valence-electron chi connectivity index (χ0n) is 15.5. The first kappa shape index (κ1) is 19.6. The monoisotopic (exact) mass is 422 g/mol. The molecule has 0 amide bonds. The number of benzene rings is 1. The van der Waals surface area contributed by atoms with E-state index in [0.717, 1.165) is 0 Å². The zero-order valence-corrected chi connectivity index (χ0v) is 16.3. The number of aliphatic imine (C=N–C) groups is 1. The standard InChI is InChI=1S/C20H18F4N4S/c1-12(8-13-4-2-3-5-15(13)21)28-9-14-16(6-7-25-18(14)20(22,23)24)27-19(28)17-10-29-11-26-17/h2-6,10-12,25H,7-9H2,1H3. The van der Waals surface area contributed by atoms with Crippen molar-refractivity contribution in [3.63, 3.8) is 0 Å². The third-order valence-electron chi connectivity index (χ3n) is 4.96. The van der Waals surface area contributed by atoms with Crippen molar-refractivity contribution in [2.75, 3.05) is 13.1 Å². The fourth-order valence-corrected chi connectivity index (χ4v) is 4.09. The quantitative estimate of drug-likeness (QED) is 0.748. The Labute approximate surface area is 169 Å². The van der Waals surface area contributed by atoms with Crippen LogP contribution in [0.15, 0.2) is 63.2 Å². The van der Waals surface area contributed by atoms with Crippen LogP contribution in [0.25, 0.3) is 0 Å². The zero-order chi connectivity index (χ0) is 20.6. The minimum atomic E-state index is -4.50. The summed E-state index contributed by atoms with van der Waals surface area (Å²) in [4.78, 5) is 10.6. The first-order valence-corrected chi connectivity index (χ1v) is 10.0. The molecule has 0 bridgehead atoms. The molecule has 1 N–H and O–H groups in total. The molecule has 29 heavy (non-hydrogen) atoms. The molecule has 4 nitrogen and oxygen atoms in total. The molecule has 1 unspecified atom stereocenters. The first-order valence-electron chi connectivity index (χ1n) is 9.06. The van der Waals surface area contributed by atoms with Gasteiger partial charge in [-0.2, -0.15) is 13.2 Å². The molecule has 1 atom stereocenters. The summed E-state index contributed by atoms with van der Waals surface area (Å²) in [5.41, 5.74) is 2.41. The summed E-state index contributed by atoms with van der Waals surface area (Å²) >= 11 is 1.39. The Morgan fingerprint density at radius 1 is 1.28 bits per heavy atom. The van der Waals surface area contributed by atoms with Gasteiger partial charge in [-0.1, -0.05) is 18.2 Å². The molecule has 3 heterocycles. The van der Waals surface area contributed by atoms with Crippen molar-refractivity contribution in [2.45, 2.75) is 25.6 Å². The number of thiazole rings is 1. The summed E-state index contributed by atoms with van der Waals surface area (Å²) in [6, 6.07) is 6.12. The Kier molecular flexibility index (Phi) is 5.16. The van der Waals surface area contributed by atoms with Crippen LogP contribution in [0.2, 0.25) is 0 Å². The van der Waals surface area contributed by atoms with Gasteiger partial charge in [0, 0.05) is 30.1 Å². The molecule has 0 aliphatic carbocycles. The van der Waals surface area contributed by atoms with Gasteiger partial charge in [-0.15, -0.1) is 11.3 Å². The van der Waals surface area contributed by atoms with E-state index in [2.05, 4.69) is 15.3 Å². The second-order valence-corrected chi connectivity index (χ2v) is 7.62. The highest BCUT2D eigenvalue weighted by atomic mass is 32.1. The molecule has 0 saturated heterocycles. The highest BCUT2D eigenvalue weighted by Crippen LogP contribution is 2.35. The van der Waals surface area contributed by atoms with E-state index in [1.165, 1.54) is 17.4 Å². The Balaban J connectivity index is 1.75. The van der Waals surface area contributed by atoms with Gasteiger partial charge < -0.3 is 10.2 Å². The van der Waals surface area contributed by atoms with E-state index in [9.17, 15) is 17.6 Å². The van der Waals surface area contributed by atoms with Gasteiger partial charge in [0.2, 0.25) is 0 Å². The number of nitrogens with zero attached hydrogens (tertiary/aromatic N) is 3. The number of dihydropyridines is 1. The molecule has 9 heteroatoms.